The second kappa shape index (κ2) is 5.66. The van der Waals surface area contributed by atoms with Crippen LogP contribution in [-0.4, -0.2) is 17.6 Å². The number of nitrogens with one attached hydrogen (secondary N) is 2. The highest BCUT2D eigenvalue weighted by atomic mass is 35.5. The van der Waals surface area contributed by atoms with E-state index in [1.165, 1.54) is 23.8 Å². The van der Waals surface area contributed by atoms with Crippen molar-refractivity contribution < 1.29 is 9.90 Å². The standard InChI is InChI=1S/C16H15ClN2O2/c17-11-3-6-15(20)13(9-11)16(21)19-12-4-5-14-10(8-12)2-1-7-18-14/h3-6,8-9,18,20H,1-2,7H2,(H,19,21). The smallest absolute Gasteiger partial charge is 0.259 e. The fourth-order valence-electron chi connectivity index (χ4n) is 2.44. The Morgan fingerprint density at radius 2 is 2.10 bits per heavy atom. The lowest BCUT2D eigenvalue weighted by atomic mass is 10.0. The van der Waals surface area contributed by atoms with Gasteiger partial charge in [0.15, 0.2) is 0 Å². The molecule has 0 aromatic heterocycles. The fourth-order valence-corrected chi connectivity index (χ4v) is 2.61. The number of hydrogen-bond acceptors (Lipinski definition) is 3. The van der Waals surface area contributed by atoms with Gasteiger partial charge in [-0.3, -0.25) is 4.79 Å². The van der Waals surface area contributed by atoms with Crippen molar-refractivity contribution in [1.82, 2.24) is 0 Å². The highest BCUT2D eigenvalue weighted by molar-refractivity contribution is 6.31. The zero-order chi connectivity index (χ0) is 14.8. The van der Waals surface area contributed by atoms with Crippen LogP contribution < -0.4 is 10.6 Å². The van der Waals surface area contributed by atoms with E-state index in [1.54, 1.807) is 0 Å². The summed E-state index contributed by atoms with van der Waals surface area (Å²) in [4.78, 5) is 12.2. The predicted molar refractivity (Wildman–Crippen MR) is 84.3 cm³/mol. The molecule has 0 spiro atoms. The van der Waals surface area contributed by atoms with Gasteiger partial charge in [0.05, 0.1) is 5.56 Å². The largest absolute Gasteiger partial charge is 0.507 e. The Morgan fingerprint density at radius 1 is 1.24 bits per heavy atom. The average molecular weight is 303 g/mol. The summed E-state index contributed by atoms with van der Waals surface area (Å²) in [6.45, 7) is 0.981. The van der Waals surface area contributed by atoms with Crippen LogP contribution in [-0.2, 0) is 6.42 Å². The Kier molecular flexibility index (Phi) is 3.71. The van der Waals surface area contributed by atoms with Crippen LogP contribution in [0.1, 0.15) is 22.3 Å². The van der Waals surface area contributed by atoms with Crippen LogP contribution in [0.3, 0.4) is 0 Å². The number of aromatic hydroxyl groups is 1. The van der Waals surface area contributed by atoms with Crippen molar-refractivity contribution in [1.29, 1.82) is 0 Å². The molecule has 3 rings (SSSR count). The van der Waals surface area contributed by atoms with Gasteiger partial charge in [-0.25, -0.2) is 0 Å². The molecule has 2 aromatic carbocycles. The summed E-state index contributed by atoms with van der Waals surface area (Å²) < 4.78 is 0. The molecule has 4 nitrogen and oxygen atoms in total. The van der Waals surface area contributed by atoms with Crippen LogP contribution >= 0.6 is 11.6 Å². The lowest BCUT2D eigenvalue weighted by molar-refractivity contribution is 0.102. The number of rotatable bonds is 2. The zero-order valence-electron chi connectivity index (χ0n) is 11.3. The minimum absolute atomic E-state index is 0.0865. The molecular formula is C16H15ClN2O2. The Hall–Kier alpha value is -2.20. The van der Waals surface area contributed by atoms with E-state index >= 15 is 0 Å². The first-order valence-corrected chi connectivity index (χ1v) is 7.18. The number of fused-ring (bicyclic) bond motifs is 1. The maximum absolute atomic E-state index is 12.2. The molecule has 1 aliphatic heterocycles. The highest BCUT2D eigenvalue weighted by Crippen LogP contribution is 2.27. The van der Waals surface area contributed by atoms with Gasteiger partial charge in [0.1, 0.15) is 5.75 Å². The Morgan fingerprint density at radius 3 is 2.95 bits per heavy atom. The van der Waals surface area contributed by atoms with Crippen LogP contribution in [0.15, 0.2) is 36.4 Å². The Bertz CT molecular complexity index is 701. The van der Waals surface area contributed by atoms with E-state index in [9.17, 15) is 9.90 Å². The molecule has 5 heteroatoms. The SMILES string of the molecule is O=C(Nc1ccc2c(c1)CCCN2)c1cc(Cl)ccc1O. The van der Waals surface area contributed by atoms with E-state index in [0.29, 0.717) is 10.7 Å². The normalized spacial score (nSPS) is 13.2. The average Bonchev–Trinajstić information content (AvgIpc) is 2.49. The molecule has 0 radical (unpaired) electrons. The first-order chi connectivity index (χ1) is 10.1. The number of amides is 1. The van der Waals surface area contributed by atoms with Gasteiger partial charge in [0.25, 0.3) is 5.91 Å². The van der Waals surface area contributed by atoms with E-state index in [0.717, 1.165) is 25.1 Å². The molecule has 1 heterocycles. The maximum atomic E-state index is 12.2. The fraction of sp³-hybridized carbons (Fsp3) is 0.188. The molecule has 1 aliphatic rings. The monoisotopic (exact) mass is 302 g/mol. The maximum Gasteiger partial charge on any atom is 0.259 e. The van der Waals surface area contributed by atoms with Crippen molar-refractivity contribution in [3.63, 3.8) is 0 Å². The first kappa shape index (κ1) is 13.8. The van der Waals surface area contributed by atoms with Gasteiger partial charge in [-0.1, -0.05) is 11.6 Å². The second-order valence-corrected chi connectivity index (χ2v) is 5.45. The molecule has 0 fully saturated rings. The predicted octanol–water partition coefficient (Wildman–Crippen LogP) is 3.66. The van der Waals surface area contributed by atoms with E-state index in [-0.39, 0.29) is 17.2 Å². The van der Waals surface area contributed by atoms with Gasteiger partial charge in [-0.15, -0.1) is 0 Å². The highest BCUT2D eigenvalue weighted by Gasteiger charge is 2.14. The third-order valence-electron chi connectivity index (χ3n) is 3.50. The number of anilines is 2. The van der Waals surface area contributed by atoms with Crippen molar-refractivity contribution in [2.75, 3.05) is 17.2 Å². The van der Waals surface area contributed by atoms with Crippen molar-refractivity contribution >= 4 is 28.9 Å². The van der Waals surface area contributed by atoms with Gasteiger partial charge in [0, 0.05) is 22.9 Å². The van der Waals surface area contributed by atoms with E-state index in [1.807, 2.05) is 18.2 Å². The minimum Gasteiger partial charge on any atom is -0.507 e. The molecule has 108 valence electrons. The summed E-state index contributed by atoms with van der Waals surface area (Å²) in [5.41, 5.74) is 3.18. The molecule has 0 unspecified atom stereocenters. The summed E-state index contributed by atoms with van der Waals surface area (Å²) >= 11 is 5.86. The summed E-state index contributed by atoms with van der Waals surface area (Å²) in [5, 5.41) is 16.3. The molecule has 0 bridgehead atoms. The number of benzene rings is 2. The van der Waals surface area contributed by atoms with Crippen molar-refractivity contribution in [2.45, 2.75) is 12.8 Å². The number of phenolic OH excluding ortho intramolecular Hbond substituents is 1. The van der Waals surface area contributed by atoms with Gasteiger partial charge >= 0.3 is 0 Å². The number of halogens is 1. The summed E-state index contributed by atoms with van der Waals surface area (Å²) in [5.74, 6) is -0.463. The van der Waals surface area contributed by atoms with E-state index in [2.05, 4.69) is 10.6 Å². The van der Waals surface area contributed by atoms with E-state index in [4.69, 9.17) is 11.6 Å². The van der Waals surface area contributed by atoms with Gasteiger partial charge in [-0.05, 0) is 54.8 Å². The molecular weight excluding hydrogens is 288 g/mol. The lowest BCUT2D eigenvalue weighted by Gasteiger charge is -2.18. The summed E-state index contributed by atoms with van der Waals surface area (Å²) in [6.07, 6.45) is 2.08. The molecule has 0 aliphatic carbocycles. The van der Waals surface area contributed by atoms with Gasteiger partial charge in [0.2, 0.25) is 0 Å². The summed E-state index contributed by atoms with van der Waals surface area (Å²) in [7, 11) is 0. The molecule has 0 atom stereocenters. The number of carbonyl (C=O) groups is 1. The Balaban J connectivity index is 1.83. The van der Waals surface area contributed by atoms with Crippen LogP contribution in [0.4, 0.5) is 11.4 Å². The minimum atomic E-state index is -0.376. The number of hydrogen-bond donors (Lipinski definition) is 3. The van der Waals surface area contributed by atoms with Crippen LogP contribution in [0.5, 0.6) is 5.75 Å². The number of carbonyl (C=O) groups excluding carboxylic acids is 1. The molecule has 1 amide bonds. The molecule has 2 aromatic rings. The van der Waals surface area contributed by atoms with E-state index < -0.39 is 0 Å². The third kappa shape index (κ3) is 2.95. The van der Waals surface area contributed by atoms with Crippen LogP contribution in [0.25, 0.3) is 0 Å². The van der Waals surface area contributed by atoms with Gasteiger partial charge in [-0.2, -0.15) is 0 Å². The van der Waals surface area contributed by atoms with Crippen molar-refractivity contribution in [2.24, 2.45) is 0 Å². The topological polar surface area (TPSA) is 61.4 Å². The number of phenols is 1. The molecule has 0 saturated heterocycles. The second-order valence-electron chi connectivity index (χ2n) is 5.02. The Labute approximate surface area is 127 Å². The molecule has 3 N–H and O–H groups in total. The van der Waals surface area contributed by atoms with Crippen LogP contribution in [0, 0.1) is 0 Å². The number of aryl methyl sites for hydroxylation is 1. The lowest BCUT2D eigenvalue weighted by Crippen LogP contribution is -2.14. The zero-order valence-corrected chi connectivity index (χ0v) is 12.1. The van der Waals surface area contributed by atoms with Crippen molar-refractivity contribution in [3.05, 3.63) is 52.5 Å². The van der Waals surface area contributed by atoms with Gasteiger partial charge < -0.3 is 15.7 Å². The van der Waals surface area contributed by atoms with Crippen LogP contribution in [0.2, 0.25) is 5.02 Å². The molecule has 0 saturated carbocycles. The first-order valence-electron chi connectivity index (χ1n) is 6.80. The summed E-state index contributed by atoms with van der Waals surface area (Å²) in [6, 6.07) is 10.2. The quantitative estimate of drug-likeness (QED) is 0.793. The van der Waals surface area contributed by atoms with Crippen molar-refractivity contribution in [3.8, 4) is 5.75 Å². The third-order valence-corrected chi connectivity index (χ3v) is 3.74. The molecule has 21 heavy (non-hydrogen) atoms.